The molecule has 0 saturated carbocycles. The summed E-state index contributed by atoms with van der Waals surface area (Å²) in [5.74, 6) is -0.946. The number of carboxylic acids is 1. The Hall–Kier alpha value is -4.29. The Balaban J connectivity index is 1.53. The molecule has 2 heterocycles. The van der Waals surface area contributed by atoms with Crippen LogP contribution in [0.4, 0.5) is 5.69 Å². The number of carbonyl (C=O) groups is 2. The van der Waals surface area contributed by atoms with Gasteiger partial charge in [0.2, 0.25) is 0 Å². The molecule has 5 rings (SSSR count). The molecule has 0 fully saturated rings. The van der Waals surface area contributed by atoms with Crippen LogP contribution in [-0.2, 0) is 23.1 Å². The lowest BCUT2D eigenvalue weighted by molar-refractivity contribution is -0.136. The van der Waals surface area contributed by atoms with Crippen LogP contribution in [0.15, 0.2) is 72.9 Å². The quantitative estimate of drug-likeness (QED) is 0.310. The van der Waals surface area contributed by atoms with Gasteiger partial charge in [-0.1, -0.05) is 54.1 Å². The Kier molecular flexibility index (Phi) is 5.67. The highest BCUT2D eigenvalue weighted by Crippen LogP contribution is 2.41. The molecule has 0 unspecified atom stereocenters. The van der Waals surface area contributed by atoms with Crippen molar-refractivity contribution in [2.24, 2.45) is 7.05 Å². The van der Waals surface area contributed by atoms with E-state index in [0.717, 1.165) is 33.5 Å². The van der Waals surface area contributed by atoms with Crippen molar-refractivity contribution in [3.05, 3.63) is 94.8 Å². The van der Waals surface area contributed by atoms with Crippen molar-refractivity contribution in [1.82, 2.24) is 4.57 Å². The molecule has 1 amide bonds. The zero-order valence-electron chi connectivity index (χ0n) is 18.7. The van der Waals surface area contributed by atoms with E-state index in [4.69, 9.17) is 16.7 Å². The molecular weight excluding hydrogens is 464 g/mol. The zero-order chi connectivity index (χ0) is 24.7. The van der Waals surface area contributed by atoms with Crippen LogP contribution in [-0.4, -0.2) is 26.7 Å². The van der Waals surface area contributed by atoms with E-state index < -0.39 is 5.97 Å². The van der Waals surface area contributed by atoms with Crippen LogP contribution in [0.3, 0.4) is 0 Å². The number of nitrogens with one attached hydrogen (secondary N) is 1. The first-order valence-electron chi connectivity index (χ1n) is 10.9. The fourth-order valence-corrected chi connectivity index (χ4v) is 4.61. The molecule has 0 radical (unpaired) electrons. The number of halogens is 1. The average molecular weight is 485 g/mol. The summed E-state index contributed by atoms with van der Waals surface area (Å²) in [6.45, 7) is 0. The number of hydrogen-bond acceptors (Lipinski definition) is 3. The number of benzene rings is 3. The van der Waals surface area contributed by atoms with Crippen LogP contribution in [0.5, 0.6) is 5.75 Å². The van der Waals surface area contributed by atoms with Gasteiger partial charge in [0.25, 0.3) is 5.91 Å². The van der Waals surface area contributed by atoms with Gasteiger partial charge in [0.1, 0.15) is 5.75 Å². The number of fused-ring (bicyclic) bond motifs is 1. The molecule has 1 aromatic heterocycles. The molecule has 7 heteroatoms. The lowest BCUT2D eigenvalue weighted by Gasteiger charge is -2.10. The number of para-hydroxylation sites is 1. The summed E-state index contributed by atoms with van der Waals surface area (Å²) in [5, 5.41) is 22.6. The summed E-state index contributed by atoms with van der Waals surface area (Å²) >= 11 is 6.59. The van der Waals surface area contributed by atoms with Gasteiger partial charge in [0, 0.05) is 35.6 Å². The summed E-state index contributed by atoms with van der Waals surface area (Å²) in [6, 6.07) is 20.2. The van der Waals surface area contributed by atoms with Gasteiger partial charge in [0.05, 0.1) is 22.7 Å². The minimum absolute atomic E-state index is 0.0870. The van der Waals surface area contributed by atoms with Gasteiger partial charge in [-0.05, 0) is 47.0 Å². The number of nitrogens with zero attached hydrogens (tertiary/aromatic N) is 1. The Morgan fingerprint density at radius 1 is 1.00 bits per heavy atom. The van der Waals surface area contributed by atoms with Gasteiger partial charge >= 0.3 is 5.97 Å². The monoisotopic (exact) mass is 484 g/mol. The molecule has 0 bridgehead atoms. The van der Waals surface area contributed by atoms with Crippen molar-refractivity contribution in [2.75, 3.05) is 5.32 Å². The third-order valence-electron chi connectivity index (χ3n) is 6.05. The molecule has 3 N–H and O–H groups in total. The van der Waals surface area contributed by atoms with Crippen LogP contribution >= 0.6 is 11.6 Å². The smallest absolute Gasteiger partial charge is 0.307 e. The molecule has 0 saturated heterocycles. The lowest BCUT2D eigenvalue weighted by atomic mass is 9.96. The number of carboxylic acid groups (broad SMARTS) is 1. The van der Waals surface area contributed by atoms with E-state index in [9.17, 15) is 14.7 Å². The molecule has 6 nitrogen and oxygen atoms in total. The predicted molar refractivity (Wildman–Crippen MR) is 137 cm³/mol. The molecule has 0 atom stereocenters. The van der Waals surface area contributed by atoms with E-state index in [0.29, 0.717) is 21.8 Å². The highest BCUT2D eigenvalue weighted by atomic mass is 35.5. The number of aromatic nitrogens is 1. The Morgan fingerprint density at radius 3 is 2.37 bits per heavy atom. The number of rotatable bonds is 5. The molecule has 1 aliphatic heterocycles. The van der Waals surface area contributed by atoms with Crippen molar-refractivity contribution in [2.45, 2.75) is 6.42 Å². The summed E-state index contributed by atoms with van der Waals surface area (Å²) in [5.41, 5.74) is 6.47. The number of aliphatic carboxylic acids is 1. The number of aromatic hydroxyl groups is 1. The predicted octanol–water partition coefficient (Wildman–Crippen LogP) is 5.84. The van der Waals surface area contributed by atoms with Gasteiger partial charge in [-0.25, -0.2) is 0 Å². The number of anilines is 1. The van der Waals surface area contributed by atoms with Crippen molar-refractivity contribution in [3.8, 4) is 28.0 Å². The number of phenolic OH excluding ortho intramolecular Hbond substituents is 1. The normalized spacial score (nSPS) is 13.7. The second kappa shape index (κ2) is 8.81. The van der Waals surface area contributed by atoms with Crippen molar-refractivity contribution in [3.63, 3.8) is 0 Å². The van der Waals surface area contributed by atoms with E-state index in [-0.39, 0.29) is 18.1 Å². The SMILES string of the molecule is Cn1cc(CC(=O)O)cc1C=C1C(=O)Nc2cc(Cl)c(-c3ccc(-c4ccccc4O)cc3)cc21. The largest absolute Gasteiger partial charge is 0.507 e. The molecule has 0 spiro atoms. The van der Waals surface area contributed by atoms with Gasteiger partial charge < -0.3 is 20.1 Å². The summed E-state index contributed by atoms with van der Waals surface area (Å²) in [7, 11) is 1.81. The molecule has 4 aromatic rings. The molecule has 1 aliphatic rings. The second-order valence-corrected chi connectivity index (χ2v) is 8.85. The van der Waals surface area contributed by atoms with Crippen molar-refractivity contribution in [1.29, 1.82) is 0 Å². The minimum atomic E-state index is -0.911. The first-order chi connectivity index (χ1) is 16.8. The van der Waals surface area contributed by atoms with Gasteiger partial charge in [-0.3, -0.25) is 9.59 Å². The summed E-state index contributed by atoms with van der Waals surface area (Å²) in [6.07, 6.45) is 3.41. The van der Waals surface area contributed by atoms with Crippen molar-refractivity contribution >= 4 is 40.8 Å². The van der Waals surface area contributed by atoms with Crippen LogP contribution in [0.1, 0.15) is 16.8 Å². The Morgan fingerprint density at radius 2 is 1.69 bits per heavy atom. The second-order valence-electron chi connectivity index (χ2n) is 8.44. The van der Waals surface area contributed by atoms with Gasteiger partial charge in [-0.2, -0.15) is 0 Å². The van der Waals surface area contributed by atoms with Gasteiger partial charge in [-0.15, -0.1) is 0 Å². The molecular formula is C28H21ClN2O4. The van der Waals surface area contributed by atoms with E-state index >= 15 is 0 Å². The number of carbonyl (C=O) groups excluding carboxylic acids is 1. The third-order valence-corrected chi connectivity index (χ3v) is 6.36. The highest BCUT2D eigenvalue weighted by Gasteiger charge is 2.26. The van der Waals surface area contributed by atoms with Crippen LogP contribution in [0.25, 0.3) is 33.9 Å². The Bertz CT molecular complexity index is 1520. The maximum atomic E-state index is 12.8. The van der Waals surface area contributed by atoms with Crippen LogP contribution < -0.4 is 5.32 Å². The van der Waals surface area contributed by atoms with Crippen LogP contribution in [0, 0.1) is 0 Å². The standard InChI is InChI=1S/C28H21ClN2O4/c1-31-15-16(11-27(33)34)10-19(31)12-23-22-13-21(24(29)14-25(22)30-28(23)35)18-8-6-17(7-9-18)20-4-2-3-5-26(20)32/h2-10,12-15,32H,11H2,1H3,(H,30,35)(H,33,34). The molecule has 3 aromatic carbocycles. The summed E-state index contributed by atoms with van der Waals surface area (Å²) in [4.78, 5) is 23.8. The van der Waals surface area contributed by atoms with E-state index in [1.165, 1.54) is 0 Å². The average Bonchev–Trinajstić information content (AvgIpc) is 3.31. The first-order valence-corrected chi connectivity index (χ1v) is 11.3. The third kappa shape index (κ3) is 4.32. The fraction of sp³-hybridized carbons (Fsp3) is 0.0714. The first kappa shape index (κ1) is 22.5. The zero-order valence-corrected chi connectivity index (χ0v) is 19.5. The summed E-state index contributed by atoms with van der Waals surface area (Å²) < 4.78 is 1.80. The number of phenols is 1. The molecule has 174 valence electrons. The topological polar surface area (TPSA) is 91.6 Å². The number of hydrogen-bond donors (Lipinski definition) is 3. The van der Waals surface area contributed by atoms with Gasteiger partial charge in [0.15, 0.2) is 0 Å². The fourth-order valence-electron chi connectivity index (χ4n) is 4.34. The number of amides is 1. The van der Waals surface area contributed by atoms with E-state index in [2.05, 4.69) is 5.32 Å². The molecule has 35 heavy (non-hydrogen) atoms. The maximum Gasteiger partial charge on any atom is 0.307 e. The van der Waals surface area contributed by atoms with E-state index in [1.807, 2.05) is 49.5 Å². The number of aryl methyl sites for hydroxylation is 1. The Labute approximate surface area is 206 Å². The molecule has 0 aliphatic carbocycles. The van der Waals surface area contributed by atoms with Crippen molar-refractivity contribution < 1.29 is 19.8 Å². The highest BCUT2D eigenvalue weighted by molar-refractivity contribution is 6.38. The minimum Gasteiger partial charge on any atom is -0.507 e. The van der Waals surface area contributed by atoms with E-state index in [1.54, 1.807) is 41.1 Å². The van der Waals surface area contributed by atoms with Crippen LogP contribution in [0.2, 0.25) is 5.02 Å². The lowest BCUT2D eigenvalue weighted by Crippen LogP contribution is -2.04. The maximum absolute atomic E-state index is 12.8.